The molecule has 1 atom stereocenters. The molecule has 0 aliphatic heterocycles. The Balaban J connectivity index is 1.98. The number of hydrogen-bond donors (Lipinski definition) is 1. The molecule has 40 heavy (non-hydrogen) atoms. The van der Waals surface area contributed by atoms with Crippen molar-refractivity contribution in [3.8, 4) is 0 Å². The van der Waals surface area contributed by atoms with E-state index in [1.807, 2.05) is 37.3 Å². The van der Waals surface area contributed by atoms with Crippen LogP contribution in [0, 0.1) is 10.1 Å². The lowest BCUT2D eigenvalue weighted by molar-refractivity contribution is -0.384. The number of anilines is 1. The van der Waals surface area contributed by atoms with Crippen LogP contribution in [-0.2, 0) is 26.0 Å². The van der Waals surface area contributed by atoms with E-state index in [1.54, 1.807) is 25.1 Å². The second-order valence-electron chi connectivity index (χ2n) is 9.24. The Labute approximate surface area is 234 Å². The van der Waals surface area contributed by atoms with E-state index < -0.39 is 33.4 Å². The largest absolute Gasteiger partial charge is 0.354 e. The van der Waals surface area contributed by atoms with Gasteiger partial charge < -0.3 is 10.2 Å². The first-order chi connectivity index (χ1) is 19.1. The van der Waals surface area contributed by atoms with Crippen LogP contribution in [-0.4, -0.2) is 55.7 Å². The summed E-state index contributed by atoms with van der Waals surface area (Å²) in [4.78, 5) is 38.9. The number of unbranched alkanes of at least 4 members (excludes halogenated alkanes) is 1. The van der Waals surface area contributed by atoms with Gasteiger partial charge in [0.1, 0.15) is 12.6 Å². The van der Waals surface area contributed by atoms with Gasteiger partial charge in [-0.05, 0) is 43.5 Å². The summed E-state index contributed by atoms with van der Waals surface area (Å²) in [7, 11) is -4.29. The number of carbonyl (C=O) groups is 2. The van der Waals surface area contributed by atoms with Crippen LogP contribution < -0.4 is 9.62 Å². The molecule has 0 unspecified atom stereocenters. The molecule has 212 valence electrons. The lowest BCUT2D eigenvalue weighted by Gasteiger charge is -2.32. The molecule has 0 spiro atoms. The van der Waals surface area contributed by atoms with Crippen LogP contribution >= 0.6 is 0 Å². The number of hydrogen-bond acceptors (Lipinski definition) is 6. The molecule has 0 heterocycles. The van der Waals surface area contributed by atoms with E-state index in [0.717, 1.165) is 28.8 Å². The first kappa shape index (κ1) is 30.3. The van der Waals surface area contributed by atoms with Crippen LogP contribution in [0.4, 0.5) is 11.4 Å². The summed E-state index contributed by atoms with van der Waals surface area (Å²) in [5, 5.41) is 14.3. The topological polar surface area (TPSA) is 130 Å². The first-order valence-corrected chi connectivity index (χ1v) is 14.5. The highest BCUT2D eigenvalue weighted by atomic mass is 32.2. The second kappa shape index (κ2) is 14.2. The maximum atomic E-state index is 13.8. The Morgan fingerprint density at radius 3 is 2.25 bits per heavy atom. The highest BCUT2D eigenvalue weighted by molar-refractivity contribution is 7.92. The number of carbonyl (C=O) groups excluding carboxylic acids is 2. The number of nitrogens with one attached hydrogen (secondary N) is 1. The molecule has 0 saturated carbocycles. The lowest BCUT2D eigenvalue weighted by atomic mass is 10.1. The molecule has 0 radical (unpaired) electrons. The van der Waals surface area contributed by atoms with Crippen LogP contribution in [0.1, 0.15) is 32.3 Å². The number of benzene rings is 3. The van der Waals surface area contributed by atoms with Crippen molar-refractivity contribution in [2.24, 2.45) is 0 Å². The van der Waals surface area contributed by atoms with Crippen molar-refractivity contribution in [1.29, 1.82) is 0 Å². The summed E-state index contributed by atoms with van der Waals surface area (Å²) < 4.78 is 28.3. The molecule has 10 nitrogen and oxygen atoms in total. The van der Waals surface area contributed by atoms with E-state index in [2.05, 4.69) is 5.32 Å². The zero-order chi connectivity index (χ0) is 29.1. The fraction of sp³-hybridized carbons (Fsp3) is 0.310. The van der Waals surface area contributed by atoms with Crippen LogP contribution in [0.3, 0.4) is 0 Å². The van der Waals surface area contributed by atoms with Gasteiger partial charge in [0.25, 0.3) is 15.7 Å². The molecule has 2 amide bonds. The summed E-state index contributed by atoms with van der Waals surface area (Å²) in [6.45, 7) is 3.58. The minimum atomic E-state index is -4.29. The highest BCUT2D eigenvalue weighted by Crippen LogP contribution is 2.27. The van der Waals surface area contributed by atoms with Crippen molar-refractivity contribution in [2.45, 2.75) is 44.0 Å². The molecule has 3 aromatic rings. The fourth-order valence-corrected chi connectivity index (χ4v) is 5.54. The predicted octanol–water partition coefficient (Wildman–Crippen LogP) is 4.17. The number of amides is 2. The molecule has 1 N–H and O–H groups in total. The van der Waals surface area contributed by atoms with Crippen LogP contribution in [0.15, 0.2) is 89.8 Å². The Morgan fingerprint density at radius 1 is 0.975 bits per heavy atom. The van der Waals surface area contributed by atoms with E-state index in [-0.39, 0.29) is 28.7 Å². The maximum absolute atomic E-state index is 13.8. The van der Waals surface area contributed by atoms with Gasteiger partial charge in [0.2, 0.25) is 11.8 Å². The molecular formula is C29H34N4O6S. The number of rotatable bonds is 14. The van der Waals surface area contributed by atoms with Gasteiger partial charge in [-0.3, -0.25) is 24.0 Å². The lowest BCUT2D eigenvalue weighted by Crippen LogP contribution is -2.52. The Hall–Kier alpha value is -4.25. The van der Waals surface area contributed by atoms with Crippen molar-refractivity contribution in [1.82, 2.24) is 10.2 Å². The molecule has 0 aromatic heterocycles. The van der Waals surface area contributed by atoms with Crippen molar-refractivity contribution in [3.63, 3.8) is 0 Å². The number of sulfonamides is 1. The van der Waals surface area contributed by atoms with Gasteiger partial charge in [-0.15, -0.1) is 0 Å². The SMILES string of the molecule is CCCCNC(=O)[C@@H](C)N(CCc1ccccc1)C(=O)CN(c1cccc([N+](=O)[O-])c1)S(=O)(=O)c1ccccc1. The van der Waals surface area contributed by atoms with Crippen molar-refractivity contribution in [2.75, 3.05) is 23.9 Å². The zero-order valence-electron chi connectivity index (χ0n) is 22.6. The Kier molecular flexibility index (Phi) is 10.8. The first-order valence-electron chi connectivity index (χ1n) is 13.1. The quantitative estimate of drug-likeness (QED) is 0.177. The molecule has 11 heteroatoms. The van der Waals surface area contributed by atoms with Gasteiger partial charge in [-0.2, -0.15) is 0 Å². The van der Waals surface area contributed by atoms with Gasteiger partial charge >= 0.3 is 0 Å². The van der Waals surface area contributed by atoms with Gasteiger partial charge in [0.05, 0.1) is 15.5 Å². The minimum Gasteiger partial charge on any atom is -0.354 e. The summed E-state index contributed by atoms with van der Waals surface area (Å²) in [6, 6.07) is 21.2. The summed E-state index contributed by atoms with van der Waals surface area (Å²) in [6.07, 6.45) is 2.12. The van der Waals surface area contributed by atoms with Gasteiger partial charge in [0, 0.05) is 25.2 Å². The molecule has 0 saturated heterocycles. The van der Waals surface area contributed by atoms with Crippen LogP contribution in [0.2, 0.25) is 0 Å². The Bertz CT molecular complexity index is 1400. The number of nitro benzene ring substituents is 1. The Morgan fingerprint density at radius 2 is 1.62 bits per heavy atom. The molecule has 0 aliphatic carbocycles. The fourth-order valence-electron chi connectivity index (χ4n) is 4.12. The highest BCUT2D eigenvalue weighted by Gasteiger charge is 2.32. The number of non-ortho nitro benzene ring substituents is 1. The molecule has 0 aliphatic rings. The third kappa shape index (κ3) is 7.89. The van der Waals surface area contributed by atoms with E-state index in [9.17, 15) is 28.1 Å². The van der Waals surface area contributed by atoms with Crippen molar-refractivity contribution in [3.05, 3.63) is 101 Å². The molecule has 0 fully saturated rings. The molecule has 3 aromatic carbocycles. The van der Waals surface area contributed by atoms with Gasteiger partial charge in [-0.1, -0.05) is 67.9 Å². The molecule has 0 bridgehead atoms. The predicted molar refractivity (Wildman–Crippen MR) is 153 cm³/mol. The number of nitrogens with zero attached hydrogens (tertiary/aromatic N) is 3. The summed E-state index contributed by atoms with van der Waals surface area (Å²) in [5.74, 6) is -0.956. The van der Waals surface area contributed by atoms with Crippen LogP contribution in [0.25, 0.3) is 0 Å². The third-order valence-corrected chi connectivity index (χ3v) is 8.21. The minimum absolute atomic E-state index is 0.0329. The monoisotopic (exact) mass is 566 g/mol. The van der Waals surface area contributed by atoms with Crippen molar-refractivity contribution >= 4 is 33.2 Å². The van der Waals surface area contributed by atoms with E-state index in [0.29, 0.717) is 13.0 Å². The van der Waals surface area contributed by atoms with Gasteiger partial charge in [-0.25, -0.2) is 8.42 Å². The maximum Gasteiger partial charge on any atom is 0.271 e. The second-order valence-corrected chi connectivity index (χ2v) is 11.1. The molecule has 3 rings (SSSR count). The van der Waals surface area contributed by atoms with Crippen LogP contribution in [0.5, 0.6) is 0 Å². The van der Waals surface area contributed by atoms with E-state index in [4.69, 9.17) is 0 Å². The standard InChI is InChI=1S/C29H34N4O6S/c1-3-4-19-30-29(35)23(2)31(20-18-24-12-7-5-8-13-24)28(34)22-32(25-14-11-15-26(21-25)33(36)37)40(38,39)27-16-9-6-10-17-27/h5-17,21,23H,3-4,18-20,22H2,1-2H3,(H,30,35)/t23-/m1/s1. The zero-order valence-corrected chi connectivity index (χ0v) is 23.4. The average Bonchev–Trinajstić information content (AvgIpc) is 2.97. The average molecular weight is 567 g/mol. The smallest absolute Gasteiger partial charge is 0.271 e. The van der Waals surface area contributed by atoms with Crippen molar-refractivity contribution < 1.29 is 22.9 Å². The molecular weight excluding hydrogens is 532 g/mol. The third-order valence-electron chi connectivity index (χ3n) is 6.42. The van der Waals surface area contributed by atoms with E-state index in [1.165, 1.54) is 35.2 Å². The number of nitro groups is 1. The summed E-state index contributed by atoms with van der Waals surface area (Å²) >= 11 is 0. The normalized spacial score (nSPS) is 11.8. The van der Waals surface area contributed by atoms with Gasteiger partial charge in [0.15, 0.2) is 0 Å². The summed E-state index contributed by atoms with van der Waals surface area (Å²) in [5.41, 5.74) is 0.601. The van der Waals surface area contributed by atoms with E-state index >= 15 is 0 Å².